The maximum atomic E-state index is 13.5. The molecule has 0 bridgehead atoms. The topological polar surface area (TPSA) is 55.3 Å². The van der Waals surface area contributed by atoms with E-state index in [0.29, 0.717) is 24.5 Å². The highest BCUT2D eigenvalue weighted by Gasteiger charge is 2.28. The summed E-state index contributed by atoms with van der Waals surface area (Å²) in [7, 11) is 0. The van der Waals surface area contributed by atoms with Crippen LogP contribution in [0.4, 0.5) is 13.6 Å². The second kappa shape index (κ2) is 9.25. The maximum absolute atomic E-state index is 13.5. The minimum Gasteiger partial charge on any atom is -0.444 e. The molecule has 2 heterocycles. The van der Waals surface area contributed by atoms with Gasteiger partial charge in [0, 0.05) is 36.3 Å². The number of likely N-dealkylation sites (tertiary alicyclic amines) is 1. The zero-order chi connectivity index (χ0) is 23.6. The number of rotatable bonds is 3. The van der Waals surface area contributed by atoms with Crippen LogP contribution in [-0.4, -0.2) is 39.7 Å². The molecule has 1 saturated heterocycles. The van der Waals surface area contributed by atoms with Gasteiger partial charge < -0.3 is 9.64 Å². The Morgan fingerprint density at radius 1 is 0.909 bits per heavy atom. The number of benzene rings is 2. The smallest absolute Gasteiger partial charge is 0.410 e. The largest absolute Gasteiger partial charge is 0.444 e. The van der Waals surface area contributed by atoms with Crippen LogP contribution in [0.15, 0.2) is 54.7 Å². The van der Waals surface area contributed by atoms with Crippen LogP contribution in [0, 0.1) is 11.6 Å². The number of hydrogen-bond donors (Lipinski definition) is 0. The quantitative estimate of drug-likeness (QED) is 0.476. The van der Waals surface area contributed by atoms with Crippen LogP contribution < -0.4 is 0 Å². The SMILES string of the molecule is CC(C)(C)OC(=O)N1CCC(c2cnc(-c3ccc(F)cc3)c(-c3ccc(F)cc3)n2)CC1. The van der Waals surface area contributed by atoms with Gasteiger partial charge in [0.2, 0.25) is 0 Å². The molecule has 0 spiro atoms. The third kappa shape index (κ3) is 5.53. The van der Waals surface area contributed by atoms with E-state index in [1.807, 2.05) is 20.8 Å². The highest BCUT2D eigenvalue weighted by atomic mass is 19.1. The summed E-state index contributed by atoms with van der Waals surface area (Å²) in [5.41, 5.74) is 2.99. The van der Waals surface area contributed by atoms with Crippen molar-refractivity contribution in [2.24, 2.45) is 0 Å². The van der Waals surface area contributed by atoms with Crippen LogP contribution in [0.1, 0.15) is 45.2 Å². The lowest BCUT2D eigenvalue weighted by Crippen LogP contribution is -2.41. The number of aromatic nitrogens is 2. The molecule has 1 aliphatic rings. The second-order valence-electron chi connectivity index (χ2n) is 9.25. The normalized spacial score (nSPS) is 14.9. The number of piperidine rings is 1. The maximum Gasteiger partial charge on any atom is 0.410 e. The van der Waals surface area contributed by atoms with E-state index in [0.717, 1.165) is 29.7 Å². The fraction of sp³-hybridized carbons (Fsp3) is 0.346. The van der Waals surface area contributed by atoms with Crippen molar-refractivity contribution in [1.29, 1.82) is 0 Å². The lowest BCUT2D eigenvalue weighted by molar-refractivity contribution is 0.0204. The van der Waals surface area contributed by atoms with Gasteiger partial charge in [-0.2, -0.15) is 0 Å². The van der Waals surface area contributed by atoms with E-state index >= 15 is 0 Å². The van der Waals surface area contributed by atoms with E-state index in [1.54, 1.807) is 35.4 Å². The van der Waals surface area contributed by atoms with Crippen molar-refractivity contribution in [1.82, 2.24) is 14.9 Å². The van der Waals surface area contributed by atoms with Crippen LogP contribution in [0.3, 0.4) is 0 Å². The highest BCUT2D eigenvalue weighted by Crippen LogP contribution is 2.33. The summed E-state index contributed by atoms with van der Waals surface area (Å²) < 4.78 is 32.4. The fourth-order valence-corrected chi connectivity index (χ4v) is 3.91. The van der Waals surface area contributed by atoms with Gasteiger partial charge in [-0.05, 0) is 82.1 Å². The molecule has 0 unspecified atom stereocenters. The van der Waals surface area contributed by atoms with E-state index in [4.69, 9.17) is 9.72 Å². The summed E-state index contributed by atoms with van der Waals surface area (Å²) >= 11 is 0. The van der Waals surface area contributed by atoms with E-state index in [9.17, 15) is 13.6 Å². The van der Waals surface area contributed by atoms with Gasteiger partial charge >= 0.3 is 6.09 Å². The Hall–Kier alpha value is -3.35. The van der Waals surface area contributed by atoms with Crippen molar-refractivity contribution in [2.75, 3.05) is 13.1 Å². The van der Waals surface area contributed by atoms with Crippen molar-refractivity contribution >= 4 is 6.09 Å². The number of hydrogen-bond acceptors (Lipinski definition) is 4. The summed E-state index contributed by atoms with van der Waals surface area (Å²) in [4.78, 5) is 23.7. The molecule has 3 aromatic rings. The molecule has 1 amide bonds. The molecule has 1 aliphatic heterocycles. The van der Waals surface area contributed by atoms with Crippen LogP contribution in [0.2, 0.25) is 0 Å². The van der Waals surface area contributed by atoms with Crippen molar-refractivity contribution in [3.8, 4) is 22.5 Å². The lowest BCUT2D eigenvalue weighted by Gasteiger charge is -2.33. The van der Waals surface area contributed by atoms with E-state index in [1.165, 1.54) is 24.3 Å². The Morgan fingerprint density at radius 3 is 1.94 bits per heavy atom. The van der Waals surface area contributed by atoms with Crippen LogP contribution in [0.5, 0.6) is 0 Å². The van der Waals surface area contributed by atoms with Crippen molar-refractivity contribution in [3.63, 3.8) is 0 Å². The van der Waals surface area contributed by atoms with Gasteiger partial charge in [0.15, 0.2) is 0 Å². The molecule has 1 aromatic heterocycles. The molecule has 0 aliphatic carbocycles. The van der Waals surface area contributed by atoms with Crippen molar-refractivity contribution in [2.45, 2.75) is 45.1 Å². The summed E-state index contributed by atoms with van der Waals surface area (Å²) in [6.45, 7) is 6.71. The molecule has 0 N–H and O–H groups in total. The molecule has 2 aromatic carbocycles. The van der Waals surface area contributed by atoms with Gasteiger partial charge in [0.1, 0.15) is 17.2 Å². The Morgan fingerprint density at radius 2 is 1.42 bits per heavy atom. The standard InChI is InChI=1S/C26H27F2N3O2/c1-26(2,3)33-25(32)31-14-12-17(13-15-31)22-16-29-23(18-4-8-20(27)9-5-18)24(30-22)19-6-10-21(28)11-7-19/h4-11,16-17H,12-15H2,1-3H3. The number of amides is 1. The molecule has 0 saturated carbocycles. The average molecular weight is 452 g/mol. The number of carbonyl (C=O) groups is 1. The monoisotopic (exact) mass is 451 g/mol. The molecular weight excluding hydrogens is 424 g/mol. The van der Waals surface area contributed by atoms with Crippen LogP contribution in [0.25, 0.3) is 22.5 Å². The molecule has 0 atom stereocenters. The Bertz CT molecular complexity index is 1120. The van der Waals surface area contributed by atoms with Gasteiger partial charge in [-0.15, -0.1) is 0 Å². The molecule has 172 valence electrons. The van der Waals surface area contributed by atoms with Gasteiger partial charge in [-0.3, -0.25) is 4.98 Å². The van der Waals surface area contributed by atoms with Crippen LogP contribution in [-0.2, 0) is 4.74 Å². The zero-order valence-electron chi connectivity index (χ0n) is 19.0. The lowest BCUT2D eigenvalue weighted by atomic mass is 9.93. The molecule has 1 fully saturated rings. The number of carbonyl (C=O) groups excluding carboxylic acids is 1. The first-order chi connectivity index (χ1) is 15.7. The third-order valence-corrected chi connectivity index (χ3v) is 5.59. The first-order valence-corrected chi connectivity index (χ1v) is 11.1. The van der Waals surface area contributed by atoms with E-state index in [-0.39, 0.29) is 23.6 Å². The Balaban J connectivity index is 1.60. The zero-order valence-corrected chi connectivity index (χ0v) is 19.0. The molecule has 7 heteroatoms. The molecule has 33 heavy (non-hydrogen) atoms. The fourth-order valence-electron chi connectivity index (χ4n) is 3.91. The van der Waals surface area contributed by atoms with Crippen molar-refractivity contribution < 1.29 is 18.3 Å². The van der Waals surface area contributed by atoms with Gasteiger partial charge in [0.05, 0.1) is 17.1 Å². The summed E-state index contributed by atoms with van der Waals surface area (Å²) in [5, 5.41) is 0. The predicted molar refractivity (Wildman–Crippen MR) is 123 cm³/mol. The van der Waals surface area contributed by atoms with Gasteiger partial charge in [-0.1, -0.05) is 0 Å². The average Bonchev–Trinajstić information content (AvgIpc) is 2.79. The predicted octanol–water partition coefficient (Wildman–Crippen LogP) is 6.20. The molecule has 0 radical (unpaired) electrons. The summed E-state index contributed by atoms with van der Waals surface area (Å²) in [6, 6.07) is 12.2. The first-order valence-electron chi connectivity index (χ1n) is 11.1. The molecular formula is C26H27F2N3O2. The minimum atomic E-state index is -0.528. The first kappa shape index (κ1) is 22.8. The van der Waals surface area contributed by atoms with E-state index in [2.05, 4.69) is 4.98 Å². The molecule has 4 rings (SSSR count). The highest BCUT2D eigenvalue weighted by molar-refractivity contribution is 5.77. The second-order valence-corrected chi connectivity index (χ2v) is 9.25. The van der Waals surface area contributed by atoms with Crippen LogP contribution >= 0.6 is 0 Å². The van der Waals surface area contributed by atoms with Crippen molar-refractivity contribution in [3.05, 3.63) is 72.1 Å². The van der Waals surface area contributed by atoms with Gasteiger partial charge in [-0.25, -0.2) is 18.6 Å². The summed E-state index contributed by atoms with van der Waals surface area (Å²) in [5.74, 6) is -0.526. The van der Waals surface area contributed by atoms with E-state index < -0.39 is 5.60 Å². The Labute approximate surface area is 192 Å². The molecule has 5 nitrogen and oxygen atoms in total. The van der Waals surface area contributed by atoms with Gasteiger partial charge in [0.25, 0.3) is 0 Å². The summed E-state index contributed by atoms with van der Waals surface area (Å²) in [6.07, 6.45) is 2.93. The Kier molecular flexibility index (Phi) is 6.40. The number of nitrogens with zero attached hydrogens (tertiary/aromatic N) is 3. The third-order valence-electron chi connectivity index (χ3n) is 5.59. The number of ether oxygens (including phenoxy) is 1. The minimum absolute atomic E-state index is 0.137. The number of halogens is 2.